The Hall–Kier alpha value is -6.70. The van der Waals surface area contributed by atoms with Gasteiger partial charge < -0.3 is 4.90 Å². The molecule has 2 aliphatic rings. The number of para-hydroxylation sites is 2. The molecule has 9 aromatic rings. The van der Waals surface area contributed by atoms with Gasteiger partial charge in [0, 0.05) is 27.6 Å². The standard InChI is InChI=1S/C56H43N/c1-55(2)50-21-13-11-19-45(50)47-27-25-38(33-52(47)55)36-23-24-37-32-49-42(30-40(37)29-36)31-41(35-54(49)57(43-15-7-5-8-16-43)44-17-9-6-10-18-44)39-26-28-48-46-20-12-14-22-51(46)56(3,4)53(48)34-39/h5-35H,1-4H3. The summed E-state index contributed by atoms with van der Waals surface area (Å²) in [5.74, 6) is 0. The van der Waals surface area contributed by atoms with Crippen LogP contribution in [0.25, 0.3) is 66.1 Å². The molecule has 2 aliphatic carbocycles. The van der Waals surface area contributed by atoms with Gasteiger partial charge in [-0.15, -0.1) is 0 Å². The molecule has 0 saturated heterocycles. The van der Waals surface area contributed by atoms with Crippen molar-refractivity contribution in [1.29, 1.82) is 0 Å². The third kappa shape index (κ3) is 5.15. The third-order valence-corrected chi connectivity index (χ3v) is 13.0. The first-order valence-corrected chi connectivity index (χ1v) is 20.2. The fraction of sp³-hybridized carbons (Fsp3) is 0.107. The molecule has 1 heteroatoms. The van der Waals surface area contributed by atoms with E-state index in [0.29, 0.717) is 0 Å². The number of rotatable bonds is 5. The molecule has 0 aliphatic heterocycles. The third-order valence-electron chi connectivity index (χ3n) is 13.0. The second-order valence-electron chi connectivity index (χ2n) is 17.0. The lowest BCUT2D eigenvalue weighted by molar-refractivity contribution is 0.660. The van der Waals surface area contributed by atoms with Crippen LogP contribution in [0, 0.1) is 0 Å². The van der Waals surface area contributed by atoms with Crippen LogP contribution >= 0.6 is 0 Å². The largest absolute Gasteiger partial charge is 0.310 e. The number of hydrogen-bond donors (Lipinski definition) is 0. The van der Waals surface area contributed by atoms with E-state index in [1.54, 1.807) is 0 Å². The van der Waals surface area contributed by atoms with Gasteiger partial charge >= 0.3 is 0 Å². The lowest BCUT2D eigenvalue weighted by atomic mass is 9.81. The minimum Gasteiger partial charge on any atom is -0.310 e. The summed E-state index contributed by atoms with van der Waals surface area (Å²) in [5.41, 5.74) is 19.2. The first-order chi connectivity index (χ1) is 27.8. The highest BCUT2D eigenvalue weighted by Crippen LogP contribution is 2.52. The summed E-state index contributed by atoms with van der Waals surface area (Å²) >= 11 is 0. The zero-order chi connectivity index (χ0) is 38.5. The normalized spacial score (nSPS) is 14.2. The summed E-state index contributed by atoms with van der Waals surface area (Å²) in [6, 6.07) is 70.2. The fourth-order valence-corrected chi connectivity index (χ4v) is 9.97. The Labute approximate surface area is 335 Å². The second-order valence-corrected chi connectivity index (χ2v) is 17.0. The van der Waals surface area contributed by atoms with Gasteiger partial charge in [0.15, 0.2) is 0 Å². The van der Waals surface area contributed by atoms with Crippen LogP contribution in [0.5, 0.6) is 0 Å². The summed E-state index contributed by atoms with van der Waals surface area (Å²) in [6.07, 6.45) is 0. The number of nitrogens with zero attached hydrogens (tertiary/aromatic N) is 1. The van der Waals surface area contributed by atoms with Gasteiger partial charge in [-0.2, -0.15) is 0 Å². The van der Waals surface area contributed by atoms with Crippen molar-refractivity contribution < 1.29 is 0 Å². The zero-order valence-electron chi connectivity index (χ0n) is 32.8. The SMILES string of the molecule is CC1(C)c2ccccc2-c2ccc(-c3ccc4cc5c(N(c6ccccc6)c6ccccc6)cc(-c6ccc7c(c6)C(C)(C)c6ccccc6-7)cc5cc4c3)cc21. The topological polar surface area (TPSA) is 3.24 Å². The molecule has 0 saturated carbocycles. The summed E-state index contributed by atoms with van der Waals surface area (Å²) < 4.78 is 0. The van der Waals surface area contributed by atoms with Gasteiger partial charge in [-0.1, -0.05) is 149 Å². The summed E-state index contributed by atoms with van der Waals surface area (Å²) in [6.45, 7) is 9.45. The number of benzene rings is 9. The van der Waals surface area contributed by atoms with Gasteiger partial charge in [-0.25, -0.2) is 0 Å². The molecule has 1 nitrogen and oxygen atoms in total. The highest BCUT2D eigenvalue weighted by molar-refractivity contribution is 6.09. The van der Waals surface area contributed by atoms with Crippen LogP contribution in [0.2, 0.25) is 0 Å². The van der Waals surface area contributed by atoms with Crippen LogP contribution < -0.4 is 4.90 Å². The van der Waals surface area contributed by atoms with Crippen molar-refractivity contribution >= 4 is 38.6 Å². The van der Waals surface area contributed by atoms with Crippen molar-refractivity contribution in [2.75, 3.05) is 4.90 Å². The Morgan fingerprint density at radius 3 is 1.35 bits per heavy atom. The van der Waals surface area contributed by atoms with Gasteiger partial charge in [-0.3, -0.25) is 0 Å². The van der Waals surface area contributed by atoms with E-state index in [2.05, 4.69) is 221 Å². The predicted octanol–water partition coefficient (Wildman–Crippen LogP) is 15.4. The van der Waals surface area contributed by atoms with Crippen LogP contribution in [-0.4, -0.2) is 0 Å². The van der Waals surface area contributed by atoms with E-state index < -0.39 is 0 Å². The van der Waals surface area contributed by atoms with Crippen molar-refractivity contribution in [2.45, 2.75) is 38.5 Å². The maximum absolute atomic E-state index is 2.45. The second kappa shape index (κ2) is 12.4. The van der Waals surface area contributed by atoms with Crippen LogP contribution in [0.4, 0.5) is 17.1 Å². The lowest BCUT2D eigenvalue weighted by Gasteiger charge is -2.28. The van der Waals surface area contributed by atoms with Crippen LogP contribution in [0.15, 0.2) is 188 Å². The molecule has 272 valence electrons. The minimum absolute atomic E-state index is 0.0409. The molecule has 0 radical (unpaired) electrons. The molecule has 9 aromatic carbocycles. The highest BCUT2D eigenvalue weighted by Gasteiger charge is 2.36. The molecule has 11 rings (SSSR count). The first kappa shape index (κ1) is 33.6. The van der Waals surface area contributed by atoms with E-state index in [-0.39, 0.29) is 10.8 Å². The van der Waals surface area contributed by atoms with E-state index in [1.165, 1.54) is 88.3 Å². The molecule has 0 bridgehead atoms. The zero-order valence-corrected chi connectivity index (χ0v) is 32.8. The molecule has 0 amide bonds. The molecule has 0 N–H and O–H groups in total. The van der Waals surface area contributed by atoms with Crippen LogP contribution in [-0.2, 0) is 10.8 Å². The van der Waals surface area contributed by atoms with Gasteiger partial charge in [-0.05, 0) is 150 Å². The molecule has 57 heavy (non-hydrogen) atoms. The predicted molar refractivity (Wildman–Crippen MR) is 242 cm³/mol. The van der Waals surface area contributed by atoms with Gasteiger partial charge in [0.1, 0.15) is 0 Å². The molecule has 0 unspecified atom stereocenters. The molecular weight excluding hydrogens is 687 g/mol. The van der Waals surface area contributed by atoms with Crippen molar-refractivity contribution in [2.24, 2.45) is 0 Å². The summed E-state index contributed by atoms with van der Waals surface area (Å²) in [7, 11) is 0. The first-order valence-electron chi connectivity index (χ1n) is 20.2. The number of fused-ring (bicyclic) bond motifs is 8. The number of hydrogen-bond acceptors (Lipinski definition) is 1. The quantitative estimate of drug-likeness (QED) is 0.159. The van der Waals surface area contributed by atoms with Crippen molar-refractivity contribution in [3.63, 3.8) is 0 Å². The Morgan fingerprint density at radius 2 is 0.772 bits per heavy atom. The molecule has 0 fully saturated rings. The van der Waals surface area contributed by atoms with E-state index in [4.69, 9.17) is 0 Å². The molecule has 0 heterocycles. The molecule has 0 spiro atoms. The van der Waals surface area contributed by atoms with E-state index in [9.17, 15) is 0 Å². The Balaban J connectivity index is 1.11. The van der Waals surface area contributed by atoms with Gasteiger partial charge in [0.2, 0.25) is 0 Å². The summed E-state index contributed by atoms with van der Waals surface area (Å²) in [5, 5.41) is 4.91. The lowest BCUT2D eigenvalue weighted by Crippen LogP contribution is -2.14. The van der Waals surface area contributed by atoms with Crippen LogP contribution in [0.3, 0.4) is 0 Å². The van der Waals surface area contributed by atoms with Gasteiger partial charge in [0.25, 0.3) is 0 Å². The van der Waals surface area contributed by atoms with E-state index in [0.717, 1.165) is 17.1 Å². The van der Waals surface area contributed by atoms with E-state index >= 15 is 0 Å². The van der Waals surface area contributed by atoms with Crippen molar-refractivity contribution in [1.82, 2.24) is 0 Å². The average molecular weight is 730 g/mol. The van der Waals surface area contributed by atoms with Crippen LogP contribution in [0.1, 0.15) is 49.9 Å². The Kier molecular flexibility index (Phi) is 7.32. The average Bonchev–Trinajstić information content (AvgIpc) is 3.62. The van der Waals surface area contributed by atoms with Crippen molar-refractivity contribution in [3.05, 3.63) is 210 Å². The number of anilines is 3. The Bertz CT molecular complexity index is 3020. The highest BCUT2D eigenvalue weighted by atomic mass is 15.1. The molecule has 0 aromatic heterocycles. The van der Waals surface area contributed by atoms with E-state index in [1.807, 2.05) is 0 Å². The smallest absolute Gasteiger partial charge is 0.0546 e. The Morgan fingerprint density at radius 1 is 0.316 bits per heavy atom. The molecule has 0 atom stereocenters. The fourth-order valence-electron chi connectivity index (χ4n) is 9.97. The van der Waals surface area contributed by atoms with Gasteiger partial charge in [0.05, 0.1) is 5.69 Å². The van der Waals surface area contributed by atoms with Crippen molar-refractivity contribution in [3.8, 4) is 44.5 Å². The summed E-state index contributed by atoms with van der Waals surface area (Å²) in [4.78, 5) is 2.42. The molecular formula is C56H43N. The maximum atomic E-state index is 2.45. The minimum atomic E-state index is -0.0795. The monoisotopic (exact) mass is 729 g/mol. The maximum Gasteiger partial charge on any atom is 0.0546 e.